The average Bonchev–Trinajstić information content (AvgIpc) is 3.16. The number of nitrogens with one attached hydrogen (secondary N) is 1. The average molecular weight is 420 g/mol. The van der Waals surface area contributed by atoms with Gasteiger partial charge in [-0.2, -0.15) is 0 Å². The summed E-state index contributed by atoms with van der Waals surface area (Å²) >= 11 is 2.74. The van der Waals surface area contributed by atoms with Crippen LogP contribution in [0.15, 0.2) is 29.6 Å². The van der Waals surface area contributed by atoms with E-state index in [2.05, 4.69) is 17.2 Å². The highest BCUT2D eigenvalue weighted by Crippen LogP contribution is 2.26. The summed E-state index contributed by atoms with van der Waals surface area (Å²) in [5, 5.41) is 5.28. The summed E-state index contributed by atoms with van der Waals surface area (Å²) in [5.41, 5.74) is 1.78. The molecular formula is C20H25N3O3S2. The Labute approximate surface area is 173 Å². The number of carbonyl (C=O) groups is 2. The van der Waals surface area contributed by atoms with Crippen molar-refractivity contribution in [2.75, 3.05) is 37.0 Å². The first-order valence-corrected chi connectivity index (χ1v) is 11.3. The molecule has 1 saturated heterocycles. The van der Waals surface area contributed by atoms with Gasteiger partial charge in [-0.3, -0.25) is 9.59 Å². The third-order valence-corrected chi connectivity index (χ3v) is 6.28. The molecule has 2 heterocycles. The van der Waals surface area contributed by atoms with Gasteiger partial charge in [0.1, 0.15) is 5.75 Å². The zero-order valence-corrected chi connectivity index (χ0v) is 17.8. The van der Waals surface area contributed by atoms with Gasteiger partial charge < -0.3 is 15.0 Å². The first-order chi connectivity index (χ1) is 13.5. The van der Waals surface area contributed by atoms with Crippen molar-refractivity contribution in [2.24, 2.45) is 5.92 Å². The second-order valence-corrected chi connectivity index (χ2v) is 8.74. The molecule has 28 heavy (non-hydrogen) atoms. The maximum absolute atomic E-state index is 12.2. The lowest BCUT2D eigenvalue weighted by Crippen LogP contribution is -2.40. The van der Waals surface area contributed by atoms with E-state index in [1.165, 1.54) is 29.5 Å². The second kappa shape index (κ2) is 9.93. The molecule has 1 aliphatic heterocycles. The van der Waals surface area contributed by atoms with Gasteiger partial charge in [-0.1, -0.05) is 6.92 Å². The molecule has 3 rings (SSSR count). The third kappa shape index (κ3) is 5.72. The lowest BCUT2D eigenvalue weighted by Gasteiger charge is -2.30. The van der Waals surface area contributed by atoms with Crippen molar-refractivity contribution in [1.29, 1.82) is 0 Å². The maximum atomic E-state index is 12.2. The Bertz CT molecular complexity index is 807. The number of hydrogen-bond donors (Lipinski definition) is 1. The Balaban J connectivity index is 1.43. The Morgan fingerprint density at radius 2 is 2.11 bits per heavy atom. The predicted octanol–water partition coefficient (Wildman–Crippen LogP) is 3.75. The van der Waals surface area contributed by atoms with E-state index in [-0.39, 0.29) is 17.6 Å². The first-order valence-electron chi connectivity index (χ1n) is 9.30. The number of rotatable bonds is 7. The van der Waals surface area contributed by atoms with Crippen LogP contribution in [0.3, 0.4) is 0 Å². The number of ether oxygens (including phenoxy) is 1. The van der Waals surface area contributed by atoms with E-state index >= 15 is 0 Å². The third-order valence-electron chi connectivity index (χ3n) is 4.60. The Morgan fingerprint density at radius 1 is 1.32 bits per heavy atom. The number of amides is 2. The molecule has 0 radical (unpaired) electrons. The number of carbonyl (C=O) groups excluding carboxylic acids is 2. The van der Waals surface area contributed by atoms with E-state index in [1.807, 2.05) is 34.5 Å². The number of methoxy groups -OCH3 is 1. The minimum absolute atomic E-state index is 0.125. The molecule has 2 aromatic rings. The quantitative estimate of drug-likeness (QED) is 0.740. The van der Waals surface area contributed by atoms with Gasteiger partial charge in [0, 0.05) is 24.0 Å². The zero-order valence-electron chi connectivity index (χ0n) is 16.1. The highest BCUT2D eigenvalue weighted by molar-refractivity contribution is 8.00. The standard InChI is InChI=1S/C20H25N3O3S2/c1-14-4-3-9-23(10-14)19(25)13-27-12-18(24)22-20-21-17(11-28-20)15-5-7-16(26-2)8-6-15/h5-8,11,14H,3-4,9-10,12-13H2,1-2H3,(H,21,22,24). The van der Waals surface area contributed by atoms with Crippen LogP contribution < -0.4 is 10.1 Å². The molecule has 1 aromatic carbocycles. The molecular weight excluding hydrogens is 394 g/mol. The molecule has 1 N–H and O–H groups in total. The summed E-state index contributed by atoms with van der Waals surface area (Å²) in [7, 11) is 1.63. The Kier molecular flexibility index (Phi) is 7.33. The fourth-order valence-electron chi connectivity index (χ4n) is 3.12. The van der Waals surface area contributed by atoms with E-state index in [0.717, 1.165) is 36.5 Å². The highest BCUT2D eigenvalue weighted by Gasteiger charge is 2.20. The van der Waals surface area contributed by atoms with Crippen LogP contribution in [0.1, 0.15) is 19.8 Å². The number of aromatic nitrogens is 1. The smallest absolute Gasteiger partial charge is 0.236 e. The summed E-state index contributed by atoms with van der Waals surface area (Å²) in [6.45, 7) is 3.84. The van der Waals surface area contributed by atoms with Crippen molar-refractivity contribution in [1.82, 2.24) is 9.88 Å². The van der Waals surface area contributed by atoms with Crippen LogP contribution in [-0.4, -0.2) is 53.4 Å². The van der Waals surface area contributed by atoms with Crippen molar-refractivity contribution in [3.05, 3.63) is 29.6 Å². The fourth-order valence-corrected chi connectivity index (χ4v) is 4.57. The summed E-state index contributed by atoms with van der Waals surface area (Å²) in [4.78, 5) is 30.8. The lowest BCUT2D eigenvalue weighted by atomic mass is 10.0. The molecule has 1 aliphatic rings. The number of piperidine rings is 1. The summed E-state index contributed by atoms with van der Waals surface area (Å²) < 4.78 is 5.16. The topological polar surface area (TPSA) is 71.5 Å². The molecule has 1 fully saturated rings. The van der Waals surface area contributed by atoms with Gasteiger partial charge in [0.25, 0.3) is 0 Å². The van der Waals surface area contributed by atoms with Crippen LogP contribution >= 0.6 is 23.1 Å². The zero-order chi connectivity index (χ0) is 19.9. The first kappa shape index (κ1) is 20.7. The van der Waals surface area contributed by atoms with Gasteiger partial charge in [0.05, 0.1) is 24.3 Å². The van der Waals surface area contributed by atoms with Crippen LogP contribution in [0.4, 0.5) is 5.13 Å². The van der Waals surface area contributed by atoms with Gasteiger partial charge in [0.15, 0.2) is 5.13 Å². The predicted molar refractivity (Wildman–Crippen MR) is 115 cm³/mol. The molecule has 8 heteroatoms. The number of thioether (sulfide) groups is 1. The number of anilines is 1. The van der Waals surface area contributed by atoms with Crippen molar-refractivity contribution in [3.8, 4) is 17.0 Å². The number of thiazole rings is 1. The van der Waals surface area contributed by atoms with Gasteiger partial charge in [0.2, 0.25) is 11.8 Å². The van der Waals surface area contributed by atoms with Gasteiger partial charge in [-0.25, -0.2) is 4.98 Å². The largest absolute Gasteiger partial charge is 0.497 e. The van der Waals surface area contributed by atoms with Crippen molar-refractivity contribution in [2.45, 2.75) is 19.8 Å². The van der Waals surface area contributed by atoms with Crippen molar-refractivity contribution in [3.63, 3.8) is 0 Å². The normalized spacial score (nSPS) is 16.6. The molecule has 6 nitrogen and oxygen atoms in total. The SMILES string of the molecule is COc1ccc(-c2csc(NC(=O)CSCC(=O)N3CCCC(C)C3)n2)cc1. The van der Waals surface area contributed by atoms with Gasteiger partial charge >= 0.3 is 0 Å². The molecule has 150 valence electrons. The highest BCUT2D eigenvalue weighted by atomic mass is 32.2. The van der Waals surface area contributed by atoms with E-state index < -0.39 is 0 Å². The summed E-state index contributed by atoms with van der Waals surface area (Å²) in [6.07, 6.45) is 2.25. The number of likely N-dealkylation sites (tertiary alicyclic amines) is 1. The van der Waals surface area contributed by atoms with Crippen molar-refractivity contribution >= 4 is 40.0 Å². The Morgan fingerprint density at radius 3 is 2.82 bits per heavy atom. The molecule has 0 saturated carbocycles. The number of hydrogen-bond acceptors (Lipinski definition) is 6. The monoisotopic (exact) mass is 419 g/mol. The molecule has 0 bridgehead atoms. The van der Waals surface area contributed by atoms with E-state index in [4.69, 9.17) is 4.74 Å². The summed E-state index contributed by atoms with van der Waals surface area (Å²) in [6, 6.07) is 7.62. The van der Waals surface area contributed by atoms with E-state index in [9.17, 15) is 9.59 Å². The molecule has 0 spiro atoms. The summed E-state index contributed by atoms with van der Waals surface area (Å²) in [5.74, 6) is 1.93. The number of nitrogens with zero attached hydrogens (tertiary/aromatic N) is 2. The van der Waals surface area contributed by atoms with Crippen LogP contribution in [0.5, 0.6) is 5.75 Å². The van der Waals surface area contributed by atoms with Crippen molar-refractivity contribution < 1.29 is 14.3 Å². The number of benzene rings is 1. The van der Waals surface area contributed by atoms with Gasteiger partial charge in [-0.15, -0.1) is 23.1 Å². The lowest BCUT2D eigenvalue weighted by molar-refractivity contribution is -0.130. The van der Waals surface area contributed by atoms with Crippen LogP contribution in [0.2, 0.25) is 0 Å². The molecule has 0 aliphatic carbocycles. The fraction of sp³-hybridized carbons (Fsp3) is 0.450. The van der Waals surface area contributed by atoms with Crippen LogP contribution in [0, 0.1) is 5.92 Å². The maximum Gasteiger partial charge on any atom is 0.236 e. The molecule has 2 amide bonds. The minimum atomic E-state index is -0.138. The van der Waals surface area contributed by atoms with E-state index in [0.29, 0.717) is 16.8 Å². The minimum Gasteiger partial charge on any atom is -0.497 e. The second-order valence-electron chi connectivity index (χ2n) is 6.89. The van der Waals surface area contributed by atoms with Crippen LogP contribution in [-0.2, 0) is 9.59 Å². The Hall–Kier alpha value is -2.06. The molecule has 1 atom stereocenters. The molecule has 1 unspecified atom stereocenters. The molecule has 1 aromatic heterocycles. The van der Waals surface area contributed by atoms with E-state index in [1.54, 1.807) is 7.11 Å². The van der Waals surface area contributed by atoms with Gasteiger partial charge in [-0.05, 0) is 43.0 Å². The van der Waals surface area contributed by atoms with Crippen LogP contribution in [0.25, 0.3) is 11.3 Å².